The van der Waals surface area contributed by atoms with E-state index in [0.29, 0.717) is 24.0 Å². The molecule has 1 aliphatic heterocycles. The normalized spacial score (nSPS) is 20.3. The Bertz CT molecular complexity index is 877. The minimum atomic E-state index is -0.597. The predicted octanol–water partition coefficient (Wildman–Crippen LogP) is 2.17. The summed E-state index contributed by atoms with van der Waals surface area (Å²) in [4.78, 5) is 23.2. The van der Waals surface area contributed by atoms with Crippen LogP contribution in [0.3, 0.4) is 0 Å². The number of ketones is 1. The molecule has 1 aromatic carbocycles. The van der Waals surface area contributed by atoms with Crippen LogP contribution in [0.15, 0.2) is 46.9 Å². The number of hydrogen-bond donors (Lipinski definition) is 1. The van der Waals surface area contributed by atoms with E-state index < -0.39 is 10.8 Å². The Morgan fingerprint density at radius 2 is 1.96 bits per heavy atom. The van der Waals surface area contributed by atoms with Gasteiger partial charge in [0.15, 0.2) is 5.78 Å². The number of carbonyl (C=O) groups excluding carboxylic acids is 1. The third-order valence-corrected chi connectivity index (χ3v) is 4.72. The van der Waals surface area contributed by atoms with Crippen LogP contribution >= 0.6 is 0 Å². The van der Waals surface area contributed by atoms with Gasteiger partial charge < -0.3 is 5.73 Å². The zero-order chi connectivity index (χ0) is 19.0. The fraction of sp³-hybridized carbons (Fsp3) is 0.333. The summed E-state index contributed by atoms with van der Waals surface area (Å²) >= 11 is 0. The third kappa shape index (κ3) is 2.72. The molecular formula is C18H19N5O3. The van der Waals surface area contributed by atoms with E-state index in [0.717, 1.165) is 12.1 Å². The molecule has 2 aliphatic rings. The summed E-state index contributed by atoms with van der Waals surface area (Å²) in [5, 5.41) is 24.1. The Morgan fingerprint density at radius 3 is 2.50 bits per heavy atom. The number of carbonyl (C=O) groups is 1. The van der Waals surface area contributed by atoms with Gasteiger partial charge in [0.25, 0.3) is 5.69 Å². The van der Waals surface area contributed by atoms with Crippen LogP contribution in [0.4, 0.5) is 5.69 Å². The molecule has 8 heteroatoms. The van der Waals surface area contributed by atoms with Crippen molar-refractivity contribution < 1.29 is 9.72 Å². The lowest BCUT2D eigenvalue weighted by Crippen LogP contribution is -2.45. The molecule has 0 spiro atoms. The molecule has 1 atom stereocenters. The first-order valence-electron chi connectivity index (χ1n) is 8.24. The average Bonchev–Trinajstić information content (AvgIpc) is 2.60. The van der Waals surface area contributed by atoms with Crippen LogP contribution in [0.1, 0.15) is 30.7 Å². The van der Waals surface area contributed by atoms with E-state index in [1.54, 1.807) is 36.2 Å². The molecule has 2 N–H and O–H groups in total. The second-order valence-electron chi connectivity index (χ2n) is 6.49. The van der Waals surface area contributed by atoms with Crippen LogP contribution in [0.5, 0.6) is 0 Å². The summed E-state index contributed by atoms with van der Waals surface area (Å²) in [7, 11) is 3.61. The van der Waals surface area contributed by atoms with Gasteiger partial charge in [-0.05, 0) is 18.4 Å². The van der Waals surface area contributed by atoms with Gasteiger partial charge in [-0.2, -0.15) is 5.26 Å². The molecule has 0 bridgehead atoms. The summed E-state index contributed by atoms with van der Waals surface area (Å²) in [6.07, 6.45) is 1.83. The number of nitrogens with two attached hydrogens (primary N) is 1. The number of nitriles is 1. The number of hydrazine groups is 1. The SMILES string of the molecule is CN(C)N1C(N)=C(C#N)[C@@H](c2ccc([N+](=O)[O-])cc2)C2=C1CCCC2=O. The van der Waals surface area contributed by atoms with E-state index in [1.807, 2.05) is 0 Å². The highest BCUT2D eigenvalue weighted by Gasteiger charge is 2.40. The van der Waals surface area contributed by atoms with Gasteiger partial charge in [-0.1, -0.05) is 12.1 Å². The third-order valence-electron chi connectivity index (χ3n) is 4.72. The molecule has 8 nitrogen and oxygen atoms in total. The molecule has 26 heavy (non-hydrogen) atoms. The summed E-state index contributed by atoms with van der Waals surface area (Å²) in [5.41, 5.74) is 8.52. The van der Waals surface area contributed by atoms with E-state index in [1.165, 1.54) is 12.1 Å². The molecular weight excluding hydrogens is 334 g/mol. The van der Waals surface area contributed by atoms with Gasteiger partial charge >= 0.3 is 0 Å². The molecule has 0 unspecified atom stereocenters. The van der Waals surface area contributed by atoms with Crippen LogP contribution in [0.25, 0.3) is 0 Å². The fourth-order valence-corrected chi connectivity index (χ4v) is 3.65. The maximum Gasteiger partial charge on any atom is 0.269 e. The molecule has 134 valence electrons. The van der Waals surface area contributed by atoms with Crippen molar-refractivity contribution in [1.82, 2.24) is 10.0 Å². The van der Waals surface area contributed by atoms with E-state index >= 15 is 0 Å². The minimum absolute atomic E-state index is 0.0123. The fourth-order valence-electron chi connectivity index (χ4n) is 3.65. The lowest BCUT2D eigenvalue weighted by Gasteiger charge is -2.42. The zero-order valence-corrected chi connectivity index (χ0v) is 14.6. The van der Waals surface area contributed by atoms with Gasteiger partial charge in [0.05, 0.1) is 22.5 Å². The van der Waals surface area contributed by atoms with Gasteiger partial charge in [-0.25, -0.2) is 5.01 Å². The first-order chi connectivity index (χ1) is 12.4. The van der Waals surface area contributed by atoms with Crippen LogP contribution in [-0.2, 0) is 4.79 Å². The molecule has 0 amide bonds. The molecule has 0 saturated carbocycles. The molecule has 1 aromatic rings. The second-order valence-corrected chi connectivity index (χ2v) is 6.49. The number of hydrogen-bond acceptors (Lipinski definition) is 7. The average molecular weight is 353 g/mol. The van der Waals surface area contributed by atoms with Crippen LogP contribution in [-0.4, -0.2) is 34.8 Å². The maximum absolute atomic E-state index is 12.7. The molecule has 3 rings (SSSR count). The lowest BCUT2D eigenvalue weighted by molar-refractivity contribution is -0.384. The smallest absolute Gasteiger partial charge is 0.269 e. The van der Waals surface area contributed by atoms with Gasteiger partial charge in [-0.3, -0.25) is 19.9 Å². The highest BCUT2D eigenvalue weighted by molar-refractivity contribution is 5.99. The molecule has 0 aromatic heterocycles. The van der Waals surface area contributed by atoms with Crippen molar-refractivity contribution in [2.24, 2.45) is 5.73 Å². The Morgan fingerprint density at radius 1 is 1.31 bits per heavy atom. The number of Topliss-reactive ketones (excluding diaryl/α,β-unsaturated/α-hetero) is 1. The highest BCUT2D eigenvalue weighted by atomic mass is 16.6. The molecule has 0 saturated heterocycles. The lowest BCUT2D eigenvalue weighted by atomic mass is 9.76. The maximum atomic E-state index is 12.7. The first kappa shape index (κ1) is 17.6. The Balaban J connectivity index is 2.21. The summed E-state index contributed by atoms with van der Waals surface area (Å²) < 4.78 is 0. The number of nitro groups is 1. The first-order valence-corrected chi connectivity index (χ1v) is 8.24. The summed E-state index contributed by atoms with van der Waals surface area (Å²) in [5.74, 6) is -0.323. The number of allylic oxidation sites excluding steroid dienone is 3. The Kier molecular flexibility index (Phi) is 4.49. The summed E-state index contributed by atoms with van der Waals surface area (Å²) in [6, 6.07) is 8.08. The molecule has 1 aliphatic carbocycles. The van der Waals surface area contributed by atoms with E-state index in [-0.39, 0.29) is 22.9 Å². The minimum Gasteiger partial charge on any atom is -0.383 e. The number of benzene rings is 1. The van der Waals surface area contributed by atoms with Crippen LogP contribution in [0, 0.1) is 21.4 Å². The van der Waals surface area contributed by atoms with Crippen LogP contribution in [0.2, 0.25) is 0 Å². The molecule has 1 heterocycles. The van der Waals surface area contributed by atoms with Crippen molar-refractivity contribution in [3.63, 3.8) is 0 Å². The zero-order valence-electron chi connectivity index (χ0n) is 14.6. The molecule has 0 fully saturated rings. The number of nitro benzene ring substituents is 1. The largest absolute Gasteiger partial charge is 0.383 e. The van der Waals surface area contributed by atoms with Crippen molar-refractivity contribution in [2.75, 3.05) is 14.1 Å². The number of nitrogens with zero attached hydrogens (tertiary/aromatic N) is 4. The monoisotopic (exact) mass is 353 g/mol. The van der Waals surface area contributed by atoms with Crippen molar-refractivity contribution in [3.05, 3.63) is 62.6 Å². The van der Waals surface area contributed by atoms with Crippen LogP contribution < -0.4 is 5.73 Å². The predicted molar refractivity (Wildman–Crippen MR) is 94.1 cm³/mol. The Hall–Kier alpha value is -3.18. The molecule has 0 radical (unpaired) electrons. The quantitative estimate of drug-likeness (QED) is 0.654. The Labute approximate surface area is 150 Å². The summed E-state index contributed by atoms with van der Waals surface area (Å²) in [6.45, 7) is 0. The standard InChI is InChI=1S/C18H19N5O3/c1-21(2)22-14-4-3-5-15(24)17(14)16(13(10-19)18(22)20)11-6-8-12(9-7-11)23(25)26/h6-9,16H,3-5,20H2,1-2H3/t16-/m1/s1. The van der Waals surface area contributed by atoms with Crippen molar-refractivity contribution in [3.8, 4) is 6.07 Å². The highest BCUT2D eigenvalue weighted by Crippen LogP contribution is 2.44. The topological polar surface area (TPSA) is 116 Å². The van der Waals surface area contributed by atoms with Gasteiger partial charge in [-0.15, -0.1) is 0 Å². The second kappa shape index (κ2) is 6.61. The number of rotatable bonds is 3. The van der Waals surface area contributed by atoms with Crippen molar-refractivity contribution >= 4 is 11.5 Å². The van der Waals surface area contributed by atoms with E-state index in [9.17, 15) is 20.2 Å². The van der Waals surface area contributed by atoms with Crippen molar-refractivity contribution in [1.29, 1.82) is 5.26 Å². The van der Waals surface area contributed by atoms with E-state index in [4.69, 9.17) is 5.73 Å². The van der Waals surface area contributed by atoms with Gasteiger partial charge in [0.1, 0.15) is 5.82 Å². The van der Waals surface area contributed by atoms with Crippen molar-refractivity contribution in [2.45, 2.75) is 25.2 Å². The van der Waals surface area contributed by atoms with Gasteiger partial charge in [0.2, 0.25) is 0 Å². The van der Waals surface area contributed by atoms with E-state index in [2.05, 4.69) is 6.07 Å². The number of non-ortho nitro benzene ring substituents is 1. The van der Waals surface area contributed by atoms with Gasteiger partial charge in [0, 0.05) is 43.9 Å².